The summed E-state index contributed by atoms with van der Waals surface area (Å²) < 4.78 is 2.54. The maximum Gasteiger partial charge on any atom is 0.160 e. The molecule has 0 aliphatic heterocycles. The molecule has 0 N–H and O–H groups in total. The second kappa shape index (κ2) is 11.2. The first-order valence-electron chi connectivity index (χ1n) is 18.3. The molecular formula is C50H34N2S. The van der Waals surface area contributed by atoms with Crippen molar-refractivity contribution in [3.8, 4) is 45.0 Å². The molecule has 2 aromatic heterocycles. The molecule has 7 aromatic carbocycles. The van der Waals surface area contributed by atoms with Crippen LogP contribution in [-0.2, 0) is 10.8 Å². The summed E-state index contributed by atoms with van der Waals surface area (Å²) in [5.41, 5.74) is 15.4. The lowest BCUT2D eigenvalue weighted by molar-refractivity contribution is 0.564. The standard InChI is InChI=1S/C50H34N2S/c1-49(2)40-26-13-14-27-41(40)50(38-24-11-9-20-33(38)34-21-10-12-25-39(34)50)43-29-46-37(28-42(43)49)35-22-15-23-36(47(35)53-46)45-30-44(31-16-5-3-6-17-31)51-48(52-45)32-18-7-4-8-19-32/h3-30H,1-2H3. The Hall–Kier alpha value is -6.16. The van der Waals surface area contributed by atoms with Crippen molar-refractivity contribution in [1.82, 2.24) is 9.97 Å². The molecule has 250 valence electrons. The maximum absolute atomic E-state index is 5.25. The zero-order chi connectivity index (χ0) is 35.3. The molecule has 0 saturated carbocycles. The predicted octanol–water partition coefficient (Wildman–Crippen LogP) is 12.8. The van der Waals surface area contributed by atoms with E-state index in [0.29, 0.717) is 0 Å². The molecule has 53 heavy (non-hydrogen) atoms. The van der Waals surface area contributed by atoms with E-state index in [0.717, 1.165) is 33.9 Å². The molecule has 0 amide bonds. The van der Waals surface area contributed by atoms with E-state index in [2.05, 4.69) is 172 Å². The van der Waals surface area contributed by atoms with Crippen LogP contribution in [0.1, 0.15) is 47.2 Å². The van der Waals surface area contributed by atoms with Crippen LogP contribution in [0.25, 0.3) is 65.2 Å². The normalized spacial score (nSPS) is 14.5. The number of hydrogen-bond acceptors (Lipinski definition) is 3. The van der Waals surface area contributed by atoms with Crippen LogP contribution in [0.3, 0.4) is 0 Å². The minimum Gasteiger partial charge on any atom is -0.228 e. The second-order valence-electron chi connectivity index (χ2n) is 14.9. The predicted molar refractivity (Wildman–Crippen MR) is 221 cm³/mol. The third-order valence-electron chi connectivity index (χ3n) is 11.8. The highest BCUT2D eigenvalue weighted by Gasteiger charge is 2.53. The Kier molecular flexibility index (Phi) is 6.42. The van der Waals surface area contributed by atoms with Gasteiger partial charge in [0.15, 0.2) is 5.82 Å². The van der Waals surface area contributed by atoms with Gasteiger partial charge in [-0.15, -0.1) is 11.3 Å². The molecule has 0 saturated heterocycles. The first-order chi connectivity index (χ1) is 26.0. The lowest BCUT2D eigenvalue weighted by atomic mass is 9.55. The van der Waals surface area contributed by atoms with E-state index in [-0.39, 0.29) is 5.41 Å². The zero-order valence-electron chi connectivity index (χ0n) is 29.5. The van der Waals surface area contributed by atoms with E-state index >= 15 is 0 Å². The van der Waals surface area contributed by atoms with Gasteiger partial charge in [-0.3, -0.25) is 0 Å². The smallest absolute Gasteiger partial charge is 0.160 e. The van der Waals surface area contributed by atoms with Crippen LogP contribution < -0.4 is 0 Å². The Morgan fingerprint density at radius 2 is 0.981 bits per heavy atom. The van der Waals surface area contributed by atoms with Crippen molar-refractivity contribution in [1.29, 1.82) is 0 Å². The number of nitrogens with zero attached hydrogens (tertiary/aromatic N) is 2. The molecule has 1 spiro atoms. The van der Waals surface area contributed by atoms with E-state index in [1.165, 1.54) is 64.7 Å². The van der Waals surface area contributed by atoms with Crippen LogP contribution in [0.5, 0.6) is 0 Å². The van der Waals surface area contributed by atoms with Gasteiger partial charge in [0.05, 0.1) is 16.8 Å². The maximum atomic E-state index is 5.25. The number of hydrogen-bond donors (Lipinski definition) is 0. The fourth-order valence-corrected chi connectivity index (χ4v) is 10.6. The van der Waals surface area contributed by atoms with Crippen LogP contribution in [0.4, 0.5) is 0 Å². The highest BCUT2D eigenvalue weighted by Crippen LogP contribution is 2.63. The van der Waals surface area contributed by atoms with Crippen LogP contribution in [-0.4, -0.2) is 9.97 Å². The molecule has 2 aliphatic carbocycles. The van der Waals surface area contributed by atoms with Crippen LogP contribution in [0.2, 0.25) is 0 Å². The molecule has 0 atom stereocenters. The fourth-order valence-electron chi connectivity index (χ4n) is 9.39. The van der Waals surface area contributed by atoms with Crippen molar-refractivity contribution < 1.29 is 0 Å². The summed E-state index contributed by atoms with van der Waals surface area (Å²) in [5, 5.41) is 2.57. The number of rotatable bonds is 3. The molecule has 2 nitrogen and oxygen atoms in total. The largest absolute Gasteiger partial charge is 0.228 e. The molecule has 2 heterocycles. The molecule has 0 unspecified atom stereocenters. The van der Waals surface area contributed by atoms with Gasteiger partial charge in [0, 0.05) is 42.3 Å². The van der Waals surface area contributed by atoms with Crippen LogP contribution >= 0.6 is 11.3 Å². The van der Waals surface area contributed by atoms with E-state index in [9.17, 15) is 0 Å². The molecule has 2 aliphatic rings. The summed E-state index contributed by atoms with van der Waals surface area (Å²) in [6.07, 6.45) is 0. The van der Waals surface area contributed by atoms with Gasteiger partial charge >= 0.3 is 0 Å². The Morgan fingerprint density at radius 1 is 0.415 bits per heavy atom. The Balaban J connectivity index is 1.20. The lowest BCUT2D eigenvalue weighted by Crippen LogP contribution is -2.40. The van der Waals surface area contributed by atoms with Gasteiger partial charge in [0.1, 0.15) is 0 Å². The van der Waals surface area contributed by atoms with Gasteiger partial charge in [-0.1, -0.05) is 166 Å². The van der Waals surface area contributed by atoms with Crippen molar-refractivity contribution in [3.63, 3.8) is 0 Å². The van der Waals surface area contributed by atoms with Gasteiger partial charge in [0.2, 0.25) is 0 Å². The van der Waals surface area contributed by atoms with Crippen molar-refractivity contribution in [3.05, 3.63) is 203 Å². The Bertz CT molecular complexity index is 2820. The SMILES string of the molecule is CC1(C)c2ccccc2C2(c3ccccc3-c3ccccc32)c2cc3sc4c(-c5cc(-c6ccccc6)nc(-c6ccccc6)n5)cccc4c3cc21. The average molecular weight is 695 g/mol. The van der Waals surface area contributed by atoms with E-state index in [4.69, 9.17) is 9.97 Å². The fraction of sp³-hybridized carbons (Fsp3) is 0.0800. The van der Waals surface area contributed by atoms with Gasteiger partial charge in [-0.05, 0) is 62.7 Å². The zero-order valence-corrected chi connectivity index (χ0v) is 30.3. The van der Waals surface area contributed by atoms with Gasteiger partial charge in [-0.25, -0.2) is 9.97 Å². The van der Waals surface area contributed by atoms with Crippen molar-refractivity contribution in [2.45, 2.75) is 24.7 Å². The minimum atomic E-state index is -0.413. The number of benzene rings is 7. The third-order valence-corrected chi connectivity index (χ3v) is 13.0. The van der Waals surface area contributed by atoms with Gasteiger partial charge in [0.25, 0.3) is 0 Å². The van der Waals surface area contributed by atoms with Crippen LogP contribution in [0.15, 0.2) is 170 Å². The van der Waals surface area contributed by atoms with Gasteiger partial charge in [-0.2, -0.15) is 0 Å². The summed E-state index contributed by atoms with van der Waals surface area (Å²) in [5.74, 6) is 0.732. The van der Waals surface area contributed by atoms with Crippen molar-refractivity contribution >= 4 is 31.5 Å². The summed E-state index contributed by atoms with van der Waals surface area (Å²) >= 11 is 1.89. The van der Waals surface area contributed by atoms with Crippen LogP contribution in [0, 0.1) is 0 Å². The molecular weight excluding hydrogens is 661 g/mol. The number of fused-ring (bicyclic) bond motifs is 12. The first-order valence-corrected chi connectivity index (χ1v) is 19.1. The topological polar surface area (TPSA) is 25.8 Å². The third kappa shape index (κ3) is 4.20. The second-order valence-corrected chi connectivity index (χ2v) is 15.9. The Labute approximate surface area is 313 Å². The average Bonchev–Trinajstić information content (AvgIpc) is 3.74. The quantitative estimate of drug-likeness (QED) is 0.184. The van der Waals surface area contributed by atoms with E-state index in [1.807, 2.05) is 23.5 Å². The number of thiophene rings is 1. The van der Waals surface area contributed by atoms with E-state index in [1.54, 1.807) is 0 Å². The molecule has 9 aromatic rings. The summed E-state index contributed by atoms with van der Waals surface area (Å²) in [4.78, 5) is 10.3. The molecule has 0 radical (unpaired) electrons. The highest BCUT2D eigenvalue weighted by atomic mass is 32.1. The minimum absolute atomic E-state index is 0.203. The summed E-state index contributed by atoms with van der Waals surface area (Å²) in [7, 11) is 0. The summed E-state index contributed by atoms with van der Waals surface area (Å²) in [6.45, 7) is 4.82. The van der Waals surface area contributed by atoms with Crippen molar-refractivity contribution in [2.75, 3.05) is 0 Å². The molecule has 3 heteroatoms. The molecule has 0 bridgehead atoms. The van der Waals surface area contributed by atoms with E-state index < -0.39 is 5.41 Å². The number of aromatic nitrogens is 2. The molecule has 0 fully saturated rings. The Morgan fingerprint density at radius 3 is 1.68 bits per heavy atom. The highest BCUT2D eigenvalue weighted by molar-refractivity contribution is 7.26. The van der Waals surface area contributed by atoms with Gasteiger partial charge < -0.3 is 0 Å². The first kappa shape index (κ1) is 30.5. The molecule has 11 rings (SSSR count). The summed E-state index contributed by atoms with van der Waals surface area (Å²) in [6, 6.07) is 62.1. The van der Waals surface area contributed by atoms with Crippen molar-refractivity contribution in [2.24, 2.45) is 0 Å². The monoisotopic (exact) mass is 694 g/mol. The lowest BCUT2D eigenvalue weighted by Gasteiger charge is -2.46.